The third kappa shape index (κ3) is 3.20. The van der Waals surface area contributed by atoms with Crippen molar-refractivity contribution in [3.05, 3.63) is 24.3 Å². The Morgan fingerprint density at radius 3 is 2.73 bits per heavy atom. The molecule has 0 saturated carbocycles. The van der Waals surface area contributed by atoms with Crippen molar-refractivity contribution in [3.8, 4) is 0 Å². The third-order valence-electron chi connectivity index (χ3n) is 3.64. The molecular weight excluding hydrogens is 288 g/mol. The molecule has 7 nitrogen and oxygen atoms in total. The van der Waals surface area contributed by atoms with E-state index < -0.39 is 6.09 Å². The number of carbonyl (C=O) groups excluding carboxylic acids is 2. The first-order chi connectivity index (χ1) is 10.7. The number of nitrogens with zero attached hydrogens (tertiary/aromatic N) is 2. The lowest BCUT2D eigenvalue weighted by Crippen LogP contribution is -2.41. The highest BCUT2D eigenvalue weighted by atomic mass is 16.6. The van der Waals surface area contributed by atoms with E-state index in [0.29, 0.717) is 32.0 Å². The van der Waals surface area contributed by atoms with Gasteiger partial charge in [0.05, 0.1) is 33.0 Å². The number of ether oxygens (including phenoxy) is 3. The molecule has 0 radical (unpaired) electrons. The van der Waals surface area contributed by atoms with Crippen molar-refractivity contribution in [1.29, 1.82) is 0 Å². The molecule has 0 bridgehead atoms. The zero-order valence-electron chi connectivity index (χ0n) is 12.4. The van der Waals surface area contributed by atoms with Crippen molar-refractivity contribution in [2.24, 2.45) is 0 Å². The Kier molecular flexibility index (Phi) is 4.26. The van der Waals surface area contributed by atoms with Gasteiger partial charge in [-0.25, -0.2) is 4.79 Å². The molecule has 2 aliphatic heterocycles. The van der Waals surface area contributed by atoms with Crippen LogP contribution in [0.3, 0.4) is 0 Å². The number of benzene rings is 1. The second-order valence-corrected chi connectivity index (χ2v) is 5.15. The minimum atomic E-state index is -0.425. The molecule has 7 heteroatoms. The van der Waals surface area contributed by atoms with Crippen LogP contribution in [0.4, 0.5) is 16.2 Å². The summed E-state index contributed by atoms with van der Waals surface area (Å²) in [4.78, 5) is 26.9. The molecular formula is C15H18N2O5. The summed E-state index contributed by atoms with van der Waals surface area (Å²) in [5, 5.41) is 0. The largest absolute Gasteiger partial charge is 0.452 e. The van der Waals surface area contributed by atoms with Crippen LogP contribution >= 0.6 is 0 Å². The molecule has 2 fully saturated rings. The molecule has 118 valence electrons. The number of hydrogen-bond donors (Lipinski definition) is 0. The van der Waals surface area contributed by atoms with E-state index in [1.807, 2.05) is 12.1 Å². The van der Waals surface area contributed by atoms with Gasteiger partial charge in [0.15, 0.2) is 0 Å². The van der Waals surface area contributed by atoms with Crippen LogP contribution in [0.2, 0.25) is 0 Å². The van der Waals surface area contributed by atoms with Gasteiger partial charge in [-0.05, 0) is 24.3 Å². The Morgan fingerprint density at radius 1 is 1.41 bits per heavy atom. The number of morpholine rings is 1. The van der Waals surface area contributed by atoms with E-state index in [2.05, 4.69) is 0 Å². The number of amides is 2. The Hall–Kier alpha value is -2.12. The normalized spacial score (nSPS) is 20.7. The third-order valence-corrected chi connectivity index (χ3v) is 3.64. The van der Waals surface area contributed by atoms with E-state index in [1.165, 1.54) is 12.0 Å². The van der Waals surface area contributed by atoms with Crippen LogP contribution in [0.15, 0.2) is 24.3 Å². The summed E-state index contributed by atoms with van der Waals surface area (Å²) in [6.45, 7) is 2.29. The quantitative estimate of drug-likeness (QED) is 0.777. The van der Waals surface area contributed by atoms with Crippen molar-refractivity contribution in [2.75, 3.05) is 49.8 Å². The standard InChI is InChI=1S/C15H18N2O5/c1-20-15(19)17(8-13-9-22-13)12-4-2-11(3-5-12)16-6-7-21-10-14(16)18/h2-5,13H,6-10H2,1H3. The molecule has 2 aliphatic rings. The van der Waals surface area contributed by atoms with E-state index in [9.17, 15) is 9.59 Å². The Balaban J connectivity index is 1.76. The van der Waals surface area contributed by atoms with Gasteiger partial charge in [-0.3, -0.25) is 9.69 Å². The zero-order chi connectivity index (χ0) is 15.5. The molecule has 2 amide bonds. The number of carbonyl (C=O) groups is 2. The smallest absolute Gasteiger partial charge is 0.414 e. The van der Waals surface area contributed by atoms with Gasteiger partial charge in [-0.2, -0.15) is 0 Å². The van der Waals surface area contributed by atoms with E-state index in [-0.39, 0.29) is 18.6 Å². The number of methoxy groups -OCH3 is 1. The van der Waals surface area contributed by atoms with Crippen LogP contribution in [0.25, 0.3) is 0 Å². The first kappa shape index (κ1) is 14.8. The maximum atomic E-state index is 11.9. The van der Waals surface area contributed by atoms with E-state index in [4.69, 9.17) is 14.2 Å². The molecule has 0 aliphatic carbocycles. The first-order valence-corrected chi connectivity index (χ1v) is 7.14. The topological polar surface area (TPSA) is 71.6 Å². The van der Waals surface area contributed by atoms with Crippen molar-refractivity contribution < 1.29 is 23.8 Å². The fourth-order valence-electron chi connectivity index (χ4n) is 2.38. The SMILES string of the molecule is COC(=O)N(CC1CO1)c1ccc(N2CCOCC2=O)cc1. The van der Waals surface area contributed by atoms with Crippen molar-refractivity contribution in [2.45, 2.75) is 6.10 Å². The fraction of sp³-hybridized carbons (Fsp3) is 0.467. The summed E-state index contributed by atoms with van der Waals surface area (Å²) in [6.07, 6.45) is -0.356. The van der Waals surface area contributed by atoms with Crippen LogP contribution in [0, 0.1) is 0 Å². The van der Waals surface area contributed by atoms with Crippen LogP contribution in [0.1, 0.15) is 0 Å². The summed E-state index contributed by atoms with van der Waals surface area (Å²) < 4.78 is 15.1. The number of hydrogen-bond acceptors (Lipinski definition) is 5. The van der Waals surface area contributed by atoms with Gasteiger partial charge < -0.3 is 19.1 Å². The summed E-state index contributed by atoms with van der Waals surface area (Å²) in [5.41, 5.74) is 1.51. The predicted molar refractivity (Wildman–Crippen MR) is 79.1 cm³/mol. The van der Waals surface area contributed by atoms with E-state index in [0.717, 1.165) is 5.69 Å². The highest BCUT2D eigenvalue weighted by Crippen LogP contribution is 2.24. The maximum Gasteiger partial charge on any atom is 0.414 e. The lowest BCUT2D eigenvalue weighted by Gasteiger charge is -2.27. The van der Waals surface area contributed by atoms with Crippen LogP contribution in [-0.2, 0) is 19.0 Å². The van der Waals surface area contributed by atoms with Gasteiger partial charge in [-0.15, -0.1) is 0 Å². The minimum absolute atomic E-state index is 0.0600. The first-order valence-electron chi connectivity index (χ1n) is 7.14. The minimum Gasteiger partial charge on any atom is -0.452 e. The maximum absolute atomic E-state index is 11.9. The van der Waals surface area contributed by atoms with Gasteiger partial charge >= 0.3 is 6.09 Å². The summed E-state index contributed by atoms with van der Waals surface area (Å²) in [5.74, 6) is -0.0600. The van der Waals surface area contributed by atoms with Gasteiger partial charge in [0, 0.05) is 17.9 Å². The molecule has 0 spiro atoms. The molecule has 22 heavy (non-hydrogen) atoms. The van der Waals surface area contributed by atoms with Gasteiger partial charge in [0.2, 0.25) is 0 Å². The van der Waals surface area contributed by atoms with Crippen LogP contribution in [0.5, 0.6) is 0 Å². The van der Waals surface area contributed by atoms with Crippen LogP contribution in [-0.4, -0.2) is 58.1 Å². The Labute approximate surface area is 128 Å². The monoisotopic (exact) mass is 306 g/mol. The average Bonchev–Trinajstić information content (AvgIpc) is 3.37. The van der Waals surface area contributed by atoms with E-state index >= 15 is 0 Å². The van der Waals surface area contributed by atoms with E-state index in [1.54, 1.807) is 17.0 Å². The molecule has 1 aromatic rings. The fourth-order valence-corrected chi connectivity index (χ4v) is 2.38. The number of anilines is 2. The predicted octanol–water partition coefficient (Wildman–Crippen LogP) is 1.02. The molecule has 1 atom stereocenters. The van der Waals surface area contributed by atoms with Gasteiger partial charge in [0.1, 0.15) is 6.61 Å². The highest BCUT2D eigenvalue weighted by molar-refractivity contribution is 5.95. The summed E-state index contributed by atoms with van der Waals surface area (Å²) in [6, 6.07) is 7.25. The summed E-state index contributed by atoms with van der Waals surface area (Å²) >= 11 is 0. The molecule has 0 aromatic heterocycles. The molecule has 1 unspecified atom stereocenters. The molecule has 2 saturated heterocycles. The lowest BCUT2D eigenvalue weighted by atomic mass is 10.2. The zero-order valence-corrected chi connectivity index (χ0v) is 12.4. The second kappa shape index (κ2) is 6.33. The molecule has 0 N–H and O–H groups in total. The Morgan fingerprint density at radius 2 is 2.14 bits per heavy atom. The van der Waals surface area contributed by atoms with Gasteiger partial charge in [0.25, 0.3) is 5.91 Å². The average molecular weight is 306 g/mol. The molecule has 3 rings (SSSR count). The molecule has 1 aromatic carbocycles. The Bertz CT molecular complexity index is 556. The lowest BCUT2D eigenvalue weighted by molar-refractivity contribution is -0.125. The second-order valence-electron chi connectivity index (χ2n) is 5.15. The number of epoxide rings is 1. The molecule has 2 heterocycles. The van der Waals surface area contributed by atoms with Gasteiger partial charge in [-0.1, -0.05) is 0 Å². The highest BCUT2D eigenvalue weighted by Gasteiger charge is 2.29. The van der Waals surface area contributed by atoms with Crippen molar-refractivity contribution >= 4 is 23.4 Å². The summed E-state index contributed by atoms with van der Waals surface area (Å²) in [7, 11) is 1.35. The van der Waals surface area contributed by atoms with Crippen molar-refractivity contribution in [1.82, 2.24) is 0 Å². The number of rotatable bonds is 4. The van der Waals surface area contributed by atoms with Crippen molar-refractivity contribution in [3.63, 3.8) is 0 Å². The van der Waals surface area contributed by atoms with Crippen LogP contribution < -0.4 is 9.80 Å².